The van der Waals surface area contributed by atoms with E-state index in [9.17, 15) is 13.2 Å². The zero-order valence-corrected chi connectivity index (χ0v) is 16.0. The van der Waals surface area contributed by atoms with Gasteiger partial charge < -0.3 is 9.84 Å². The number of rotatable bonds is 4. The maximum atomic E-state index is 12.7. The average molecular weight is 428 g/mol. The minimum atomic E-state index is -3.53. The molecule has 0 aliphatic carbocycles. The SMILES string of the molecule is Cc1cc(NC(=O)C2CCN(S(=O)(=O)c3ccc(Br)cc3)CC2)no1. The number of nitrogens with one attached hydrogen (secondary N) is 1. The monoisotopic (exact) mass is 427 g/mol. The van der Waals surface area contributed by atoms with Gasteiger partial charge >= 0.3 is 0 Å². The Morgan fingerprint density at radius 1 is 1.28 bits per heavy atom. The molecule has 1 saturated heterocycles. The molecule has 1 N–H and O–H groups in total. The standard InChI is InChI=1S/C16H18BrN3O4S/c1-11-10-15(19-24-11)18-16(21)12-6-8-20(9-7-12)25(22,23)14-4-2-13(17)3-5-14/h2-5,10,12H,6-9H2,1H3,(H,18,19,21). The topological polar surface area (TPSA) is 92.5 Å². The molecule has 0 unspecified atom stereocenters. The molecule has 1 aliphatic heterocycles. The lowest BCUT2D eigenvalue weighted by Gasteiger charge is -2.30. The highest BCUT2D eigenvalue weighted by molar-refractivity contribution is 9.10. The third-order valence-electron chi connectivity index (χ3n) is 4.16. The van der Waals surface area contributed by atoms with Crippen molar-refractivity contribution in [2.24, 2.45) is 5.92 Å². The number of amides is 1. The van der Waals surface area contributed by atoms with Crippen LogP contribution in [-0.2, 0) is 14.8 Å². The van der Waals surface area contributed by atoms with Crippen LogP contribution in [0.1, 0.15) is 18.6 Å². The fourth-order valence-corrected chi connectivity index (χ4v) is 4.50. The number of halogens is 1. The molecule has 3 rings (SSSR count). The van der Waals surface area contributed by atoms with E-state index in [1.54, 1.807) is 37.3 Å². The highest BCUT2D eigenvalue weighted by Crippen LogP contribution is 2.25. The van der Waals surface area contributed by atoms with Crippen LogP contribution in [0.25, 0.3) is 0 Å². The fraction of sp³-hybridized carbons (Fsp3) is 0.375. The van der Waals surface area contributed by atoms with Crippen LogP contribution in [0.5, 0.6) is 0 Å². The predicted octanol–water partition coefficient (Wildman–Crippen LogP) is 2.78. The van der Waals surface area contributed by atoms with Gasteiger partial charge in [0.1, 0.15) is 5.76 Å². The zero-order chi connectivity index (χ0) is 18.0. The van der Waals surface area contributed by atoms with Crippen molar-refractivity contribution in [2.45, 2.75) is 24.7 Å². The van der Waals surface area contributed by atoms with Crippen LogP contribution >= 0.6 is 15.9 Å². The third-order valence-corrected chi connectivity index (χ3v) is 6.60. The van der Waals surface area contributed by atoms with E-state index in [0.29, 0.717) is 37.5 Å². The second kappa shape index (κ2) is 7.27. The first-order chi connectivity index (χ1) is 11.9. The molecule has 1 aliphatic rings. The average Bonchev–Trinajstić information content (AvgIpc) is 3.00. The van der Waals surface area contributed by atoms with E-state index in [0.717, 1.165) is 4.47 Å². The first-order valence-electron chi connectivity index (χ1n) is 7.86. The minimum absolute atomic E-state index is 0.158. The molecule has 1 aromatic carbocycles. The molecule has 25 heavy (non-hydrogen) atoms. The molecule has 1 amide bonds. The second-order valence-corrected chi connectivity index (χ2v) is 8.80. The van der Waals surface area contributed by atoms with Crippen molar-refractivity contribution in [1.82, 2.24) is 9.46 Å². The van der Waals surface area contributed by atoms with Gasteiger partial charge in [-0.2, -0.15) is 4.31 Å². The van der Waals surface area contributed by atoms with E-state index in [-0.39, 0.29) is 16.7 Å². The summed E-state index contributed by atoms with van der Waals surface area (Å²) in [6, 6.07) is 8.20. The lowest BCUT2D eigenvalue weighted by Crippen LogP contribution is -2.41. The molecule has 7 nitrogen and oxygen atoms in total. The summed E-state index contributed by atoms with van der Waals surface area (Å²) in [6.45, 7) is 2.37. The predicted molar refractivity (Wildman–Crippen MR) is 95.5 cm³/mol. The van der Waals surface area contributed by atoms with Crippen molar-refractivity contribution in [2.75, 3.05) is 18.4 Å². The largest absolute Gasteiger partial charge is 0.360 e. The molecule has 134 valence electrons. The van der Waals surface area contributed by atoms with E-state index in [4.69, 9.17) is 4.52 Å². The summed E-state index contributed by atoms with van der Waals surface area (Å²) in [5, 5.41) is 6.44. The summed E-state index contributed by atoms with van der Waals surface area (Å²) in [4.78, 5) is 12.5. The van der Waals surface area contributed by atoms with Gasteiger partial charge in [0.15, 0.2) is 5.82 Å². The van der Waals surface area contributed by atoms with Gasteiger partial charge in [-0.3, -0.25) is 4.79 Å². The Hall–Kier alpha value is -1.71. The number of hydrogen-bond donors (Lipinski definition) is 1. The number of aryl methyl sites for hydroxylation is 1. The van der Waals surface area contributed by atoms with Crippen LogP contribution in [0.3, 0.4) is 0 Å². The van der Waals surface area contributed by atoms with Crippen LogP contribution in [0.4, 0.5) is 5.82 Å². The lowest BCUT2D eigenvalue weighted by atomic mass is 9.97. The number of anilines is 1. The van der Waals surface area contributed by atoms with Crippen molar-refractivity contribution in [3.63, 3.8) is 0 Å². The molecule has 0 spiro atoms. The Kier molecular flexibility index (Phi) is 5.26. The van der Waals surface area contributed by atoms with Gasteiger partial charge in [0.2, 0.25) is 15.9 Å². The molecule has 0 bridgehead atoms. The molecule has 9 heteroatoms. The van der Waals surface area contributed by atoms with Gasteiger partial charge in [-0.1, -0.05) is 21.1 Å². The smallest absolute Gasteiger partial charge is 0.243 e. The summed E-state index contributed by atoms with van der Waals surface area (Å²) < 4.78 is 32.5. The van der Waals surface area contributed by atoms with Crippen LogP contribution in [0, 0.1) is 12.8 Å². The van der Waals surface area contributed by atoms with Crippen molar-refractivity contribution in [3.8, 4) is 0 Å². The number of sulfonamides is 1. The molecular weight excluding hydrogens is 410 g/mol. The lowest BCUT2D eigenvalue weighted by molar-refractivity contribution is -0.120. The Balaban J connectivity index is 1.61. The number of hydrogen-bond acceptors (Lipinski definition) is 5. The highest BCUT2D eigenvalue weighted by Gasteiger charge is 2.32. The number of carbonyl (C=O) groups is 1. The summed E-state index contributed by atoms with van der Waals surface area (Å²) in [5.41, 5.74) is 0. The molecule has 0 radical (unpaired) electrons. The zero-order valence-electron chi connectivity index (χ0n) is 13.6. The Morgan fingerprint density at radius 3 is 2.48 bits per heavy atom. The Bertz CT molecular complexity index is 856. The van der Waals surface area contributed by atoms with Crippen LogP contribution in [0.15, 0.2) is 44.2 Å². The molecule has 1 fully saturated rings. The van der Waals surface area contributed by atoms with Crippen LogP contribution in [0.2, 0.25) is 0 Å². The van der Waals surface area contributed by atoms with Crippen molar-refractivity contribution >= 4 is 37.7 Å². The number of benzene rings is 1. The third kappa shape index (κ3) is 4.10. The first-order valence-corrected chi connectivity index (χ1v) is 10.1. The summed E-state index contributed by atoms with van der Waals surface area (Å²) in [5.74, 6) is 0.598. The maximum absolute atomic E-state index is 12.7. The number of carbonyl (C=O) groups excluding carboxylic acids is 1. The molecule has 2 aromatic rings. The van der Waals surface area contributed by atoms with Crippen molar-refractivity contribution < 1.29 is 17.7 Å². The van der Waals surface area contributed by atoms with Crippen LogP contribution in [-0.4, -0.2) is 36.9 Å². The normalized spacial score (nSPS) is 16.7. The quantitative estimate of drug-likeness (QED) is 0.809. The van der Waals surface area contributed by atoms with Gasteiger partial charge in [0.25, 0.3) is 0 Å². The van der Waals surface area contributed by atoms with Gasteiger partial charge in [0, 0.05) is 29.5 Å². The van der Waals surface area contributed by atoms with Crippen LogP contribution < -0.4 is 5.32 Å². The maximum Gasteiger partial charge on any atom is 0.243 e. The number of piperidine rings is 1. The highest BCUT2D eigenvalue weighted by atomic mass is 79.9. The van der Waals surface area contributed by atoms with Gasteiger partial charge in [-0.05, 0) is 44.0 Å². The second-order valence-electron chi connectivity index (χ2n) is 5.94. The van der Waals surface area contributed by atoms with E-state index in [2.05, 4.69) is 26.4 Å². The molecule has 2 heterocycles. The fourth-order valence-electron chi connectivity index (χ4n) is 2.77. The summed E-state index contributed by atoms with van der Waals surface area (Å²) in [6.07, 6.45) is 0.941. The van der Waals surface area contributed by atoms with E-state index >= 15 is 0 Å². The van der Waals surface area contributed by atoms with E-state index < -0.39 is 10.0 Å². The summed E-state index contributed by atoms with van der Waals surface area (Å²) >= 11 is 3.30. The van der Waals surface area contributed by atoms with Gasteiger partial charge in [0.05, 0.1) is 4.90 Å². The van der Waals surface area contributed by atoms with E-state index in [1.807, 2.05) is 0 Å². The van der Waals surface area contributed by atoms with Crippen molar-refractivity contribution in [1.29, 1.82) is 0 Å². The first kappa shape index (κ1) is 18.1. The Labute approximate surface area is 154 Å². The molecular formula is C16H18BrN3O4S. The Morgan fingerprint density at radius 2 is 1.92 bits per heavy atom. The molecule has 0 saturated carbocycles. The molecule has 0 atom stereocenters. The minimum Gasteiger partial charge on any atom is -0.360 e. The van der Waals surface area contributed by atoms with Crippen molar-refractivity contribution in [3.05, 3.63) is 40.6 Å². The molecule has 1 aromatic heterocycles. The summed E-state index contributed by atoms with van der Waals surface area (Å²) in [7, 11) is -3.53. The number of aromatic nitrogens is 1. The number of nitrogens with zero attached hydrogens (tertiary/aromatic N) is 2. The van der Waals surface area contributed by atoms with Gasteiger partial charge in [-0.25, -0.2) is 8.42 Å². The van der Waals surface area contributed by atoms with Gasteiger partial charge in [-0.15, -0.1) is 0 Å². The van der Waals surface area contributed by atoms with E-state index in [1.165, 1.54) is 4.31 Å².